The highest BCUT2D eigenvalue weighted by atomic mass is 16.6. The maximum atomic E-state index is 5.77. The molecule has 0 aliphatic carbocycles. The molecule has 0 bridgehead atoms. The minimum absolute atomic E-state index is 0.212. The SMILES string of the molecule is c1ccc(CCCC2(CCCc3ccccc3)CO2)cc1. The van der Waals surface area contributed by atoms with Crippen molar-refractivity contribution in [1.29, 1.82) is 0 Å². The molecule has 1 heteroatoms. The summed E-state index contributed by atoms with van der Waals surface area (Å²) in [5.41, 5.74) is 3.10. The zero-order valence-corrected chi connectivity index (χ0v) is 12.6. The molecule has 0 aromatic heterocycles. The fraction of sp³-hybridized carbons (Fsp3) is 0.400. The first kappa shape index (κ1) is 14.3. The first-order chi connectivity index (χ1) is 10.4. The van der Waals surface area contributed by atoms with Gasteiger partial charge in [0, 0.05) is 0 Å². The molecule has 0 saturated carbocycles. The molecule has 2 aromatic rings. The second-order valence-electron chi connectivity index (χ2n) is 6.15. The van der Waals surface area contributed by atoms with E-state index in [0.717, 1.165) is 6.61 Å². The van der Waals surface area contributed by atoms with Crippen molar-refractivity contribution in [3.63, 3.8) is 0 Å². The van der Waals surface area contributed by atoms with Crippen LogP contribution in [0.1, 0.15) is 36.8 Å². The number of aryl methyl sites for hydroxylation is 2. The van der Waals surface area contributed by atoms with Crippen LogP contribution in [0.2, 0.25) is 0 Å². The van der Waals surface area contributed by atoms with E-state index < -0.39 is 0 Å². The lowest BCUT2D eigenvalue weighted by atomic mass is 9.94. The Morgan fingerprint density at radius 2 is 1.14 bits per heavy atom. The van der Waals surface area contributed by atoms with Crippen molar-refractivity contribution in [1.82, 2.24) is 0 Å². The lowest BCUT2D eigenvalue weighted by Gasteiger charge is -2.11. The molecule has 1 aliphatic heterocycles. The van der Waals surface area contributed by atoms with Crippen molar-refractivity contribution in [3.05, 3.63) is 71.8 Å². The molecule has 21 heavy (non-hydrogen) atoms. The van der Waals surface area contributed by atoms with Gasteiger partial charge in [-0.15, -0.1) is 0 Å². The van der Waals surface area contributed by atoms with E-state index in [1.54, 1.807) is 0 Å². The number of hydrogen-bond acceptors (Lipinski definition) is 1. The summed E-state index contributed by atoms with van der Waals surface area (Å²) in [6, 6.07) is 21.5. The van der Waals surface area contributed by atoms with E-state index in [0.29, 0.717) is 0 Å². The third-order valence-electron chi connectivity index (χ3n) is 4.43. The minimum Gasteiger partial charge on any atom is -0.370 e. The Balaban J connectivity index is 1.37. The van der Waals surface area contributed by atoms with Crippen molar-refractivity contribution in [3.8, 4) is 0 Å². The zero-order valence-electron chi connectivity index (χ0n) is 12.6. The molecule has 0 N–H and O–H groups in total. The highest BCUT2D eigenvalue weighted by Gasteiger charge is 2.42. The van der Waals surface area contributed by atoms with Crippen molar-refractivity contribution in [2.24, 2.45) is 0 Å². The zero-order chi connectivity index (χ0) is 14.4. The molecule has 0 radical (unpaired) electrons. The van der Waals surface area contributed by atoms with Gasteiger partial charge in [0.2, 0.25) is 0 Å². The molecule has 1 aliphatic rings. The molecule has 1 fully saturated rings. The lowest BCUT2D eigenvalue weighted by molar-refractivity contribution is 0.265. The van der Waals surface area contributed by atoms with Gasteiger partial charge in [0.15, 0.2) is 0 Å². The van der Waals surface area contributed by atoms with E-state index in [1.165, 1.54) is 49.7 Å². The van der Waals surface area contributed by atoms with Gasteiger partial charge in [0.25, 0.3) is 0 Å². The van der Waals surface area contributed by atoms with Crippen molar-refractivity contribution >= 4 is 0 Å². The normalized spacial score (nSPS) is 15.8. The Bertz CT molecular complexity index is 481. The first-order valence-electron chi connectivity index (χ1n) is 8.08. The maximum absolute atomic E-state index is 5.77. The summed E-state index contributed by atoms with van der Waals surface area (Å²) in [5, 5.41) is 0. The summed E-state index contributed by atoms with van der Waals surface area (Å²) in [6.45, 7) is 0.969. The Labute approximate surface area is 128 Å². The Morgan fingerprint density at radius 3 is 1.52 bits per heavy atom. The van der Waals surface area contributed by atoms with Gasteiger partial charge in [-0.2, -0.15) is 0 Å². The first-order valence-corrected chi connectivity index (χ1v) is 8.08. The van der Waals surface area contributed by atoms with Crippen LogP contribution in [0.4, 0.5) is 0 Å². The van der Waals surface area contributed by atoms with Crippen LogP contribution in [0.25, 0.3) is 0 Å². The quantitative estimate of drug-likeness (QED) is 0.633. The van der Waals surface area contributed by atoms with Crippen LogP contribution in [-0.2, 0) is 17.6 Å². The van der Waals surface area contributed by atoms with Crippen LogP contribution in [0.15, 0.2) is 60.7 Å². The van der Waals surface area contributed by atoms with Crippen molar-refractivity contribution in [2.75, 3.05) is 6.61 Å². The molecule has 3 rings (SSSR count). The topological polar surface area (TPSA) is 12.5 Å². The smallest absolute Gasteiger partial charge is 0.0916 e. The number of hydrogen-bond donors (Lipinski definition) is 0. The summed E-state index contributed by atoms with van der Waals surface area (Å²) >= 11 is 0. The summed E-state index contributed by atoms with van der Waals surface area (Å²) in [6.07, 6.45) is 7.22. The second kappa shape index (κ2) is 6.91. The van der Waals surface area contributed by atoms with E-state index in [4.69, 9.17) is 4.74 Å². The molecule has 110 valence electrons. The third kappa shape index (κ3) is 4.44. The van der Waals surface area contributed by atoms with Crippen LogP contribution in [-0.4, -0.2) is 12.2 Å². The summed E-state index contributed by atoms with van der Waals surface area (Å²) in [7, 11) is 0. The molecule has 1 nitrogen and oxygen atoms in total. The minimum atomic E-state index is 0.212. The molecule has 2 aromatic carbocycles. The van der Waals surface area contributed by atoms with Crippen molar-refractivity contribution in [2.45, 2.75) is 44.1 Å². The van der Waals surface area contributed by atoms with E-state index in [9.17, 15) is 0 Å². The van der Waals surface area contributed by atoms with Crippen LogP contribution >= 0.6 is 0 Å². The van der Waals surface area contributed by atoms with Gasteiger partial charge in [-0.05, 0) is 49.7 Å². The van der Waals surface area contributed by atoms with Gasteiger partial charge >= 0.3 is 0 Å². The predicted molar refractivity (Wildman–Crippen MR) is 87.4 cm³/mol. The van der Waals surface area contributed by atoms with Gasteiger partial charge in [0.1, 0.15) is 0 Å². The molecular weight excluding hydrogens is 256 g/mol. The molecule has 0 atom stereocenters. The lowest BCUT2D eigenvalue weighted by Crippen LogP contribution is -2.11. The van der Waals surface area contributed by atoms with Crippen molar-refractivity contribution < 1.29 is 4.74 Å². The van der Waals surface area contributed by atoms with Gasteiger partial charge in [0.05, 0.1) is 12.2 Å². The molecule has 0 spiro atoms. The molecule has 0 amide bonds. The molecule has 0 unspecified atom stereocenters. The predicted octanol–water partition coefficient (Wildman–Crippen LogP) is 4.80. The number of ether oxygens (including phenoxy) is 1. The van der Waals surface area contributed by atoms with Crippen LogP contribution in [0.5, 0.6) is 0 Å². The fourth-order valence-corrected chi connectivity index (χ4v) is 3.03. The Morgan fingerprint density at radius 1 is 0.714 bits per heavy atom. The van der Waals surface area contributed by atoms with E-state index in [-0.39, 0.29) is 5.60 Å². The summed E-state index contributed by atoms with van der Waals surface area (Å²) < 4.78 is 5.77. The second-order valence-corrected chi connectivity index (χ2v) is 6.15. The van der Waals surface area contributed by atoms with E-state index >= 15 is 0 Å². The van der Waals surface area contributed by atoms with Crippen LogP contribution < -0.4 is 0 Å². The number of benzene rings is 2. The number of rotatable bonds is 8. The highest BCUT2D eigenvalue weighted by molar-refractivity contribution is 5.15. The average molecular weight is 280 g/mol. The Hall–Kier alpha value is -1.60. The number of epoxide rings is 1. The molecule has 1 heterocycles. The summed E-state index contributed by atoms with van der Waals surface area (Å²) in [5.74, 6) is 0. The standard InChI is InChI=1S/C20H24O/c1-3-9-18(10-4-1)13-7-15-20(17-21-20)16-8-14-19-11-5-2-6-12-19/h1-6,9-12H,7-8,13-17H2. The van der Waals surface area contributed by atoms with Gasteiger partial charge < -0.3 is 4.74 Å². The summed E-state index contributed by atoms with van der Waals surface area (Å²) in [4.78, 5) is 0. The van der Waals surface area contributed by atoms with Gasteiger partial charge in [-0.3, -0.25) is 0 Å². The van der Waals surface area contributed by atoms with Crippen LogP contribution in [0, 0.1) is 0 Å². The monoisotopic (exact) mass is 280 g/mol. The molecular formula is C20H24O. The molecule has 1 saturated heterocycles. The van der Waals surface area contributed by atoms with Gasteiger partial charge in [-0.1, -0.05) is 60.7 Å². The van der Waals surface area contributed by atoms with E-state index in [1.807, 2.05) is 0 Å². The third-order valence-corrected chi connectivity index (χ3v) is 4.43. The highest BCUT2D eigenvalue weighted by Crippen LogP contribution is 2.37. The van der Waals surface area contributed by atoms with E-state index in [2.05, 4.69) is 60.7 Å². The largest absolute Gasteiger partial charge is 0.370 e. The average Bonchev–Trinajstić information content (AvgIpc) is 3.30. The fourth-order valence-electron chi connectivity index (χ4n) is 3.03. The maximum Gasteiger partial charge on any atom is 0.0916 e. The van der Waals surface area contributed by atoms with Gasteiger partial charge in [-0.25, -0.2) is 0 Å². The Kier molecular flexibility index (Phi) is 4.72. The van der Waals surface area contributed by atoms with Crippen LogP contribution in [0.3, 0.4) is 0 Å².